The number of benzene rings is 2. The Balaban J connectivity index is 1.59. The largest absolute Gasteiger partial charge is 0.491 e. The SMILES string of the molecule is CCc1c(C(=O)N2CCOc3ccc(-c4ccc(NCCNC)nc4)cc3C2)ccc(S(C)(=O)=O)c1F. The first-order chi connectivity index (χ1) is 17.7. The van der Waals surface area contributed by atoms with Crippen LogP contribution in [0, 0.1) is 5.82 Å². The Bertz CT molecular complexity index is 1390. The number of nitrogens with one attached hydrogen (secondary N) is 2. The Labute approximate surface area is 216 Å². The Morgan fingerprint density at radius 1 is 1.14 bits per heavy atom. The van der Waals surface area contributed by atoms with E-state index in [4.69, 9.17) is 4.74 Å². The minimum atomic E-state index is -3.75. The van der Waals surface area contributed by atoms with Crippen molar-refractivity contribution >= 4 is 21.6 Å². The molecule has 2 heterocycles. The minimum Gasteiger partial charge on any atom is -0.491 e. The van der Waals surface area contributed by atoms with E-state index in [-0.39, 0.29) is 36.6 Å². The average molecular weight is 527 g/mol. The predicted octanol–water partition coefficient (Wildman–Crippen LogP) is 3.52. The number of ether oxygens (including phenoxy) is 1. The van der Waals surface area contributed by atoms with Crippen LogP contribution >= 0.6 is 0 Å². The number of likely N-dealkylation sites (N-methyl/N-ethyl adjacent to an activating group) is 1. The number of rotatable bonds is 8. The molecular formula is C27H31FN4O4S. The fraction of sp³-hybridized carbons (Fsp3) is 0.333. The highest BCUT2D eigenvalue weighted by atomic mass is 32.2. The van der Waals surface area contributed by atoms with Crippen molar-refractivity contribution < 1.29 is 22.3 Å². The molecule has 8 nitrogen and oxygen atoms in total. The lowest BCUT2D eigenvalue weighted by Gasteiger charge is -2.22. The highest BCUT2D eigenvalue weighted by Gasteiger charge is 2.27. The average Bonchev–Trinajstić information content (AvgIpc) is 3.10. The molecule has 1 aromatic heterocycles. The highest BCUT2D eigenvalue weighted by molar-refractivity contribution is 7.90. The summed E-state index contributed by atoms with van der Waals surface area (Å²) in [5.41, 5.74) is 2.95. The summed E-state index contributed by atoms with van der Waals surface area (Å²) >= 11 is 0. The van der Waals surface area contributed by atoms with Crippen LogP contribution in [0.5, 0.6) is 5.75 Å². The van der Waals surface area contributed by atoms with Crippen molar-refractivity contribution in [3.8, 4) is 16.9 Å². The summed E-state index contributed by atoms with van der Waals surface area (Å²) in [6, 6.07) is 12.3. The summed E-state index contributed by atoms with van der Waals surface area (Å²) in [5, 5.41) is 6.32. The van der Waals surface area contributed by atoms with Gasteiger partial charge in [0.05, 0.1) is 6.54 Å². The van der Waals surface area contributed by atoms with Gasteiger partial charge in [0, 0.05) is 54.3 Å². The summed E-state index contributed by atoms with van der Waals surface area (Å²) in [6.45, 7) is 4.18. The number of hydrogen-bond acceptors (Lipinski definition) is 7. The maximum atomic E-state index is 15.0. The standard InChI is InChI=1S/C27H31FN4O4S/c1-4-21-22(7-9-24(26(21)28)37(3,34)35)27(33)32-13-14-36-23-8-5-18(15-20(23)17-32)19-6-10-25(31-16-19)30-12-11-29-2/h5-10,15-16,29H,4,11-14,17H2,1-3H3,(H,30,31). The third kappa shape index (κ3) is 5.91. The molecule has 0 radical (unpaired) electrons. The lowest BCUT2D eigenvalue weighted by atomic mass is 10.0. The van der Waals surface area contributed by atoms with Crippen molar-refractivity contribution in [1.29, 1.82) is 0 Å². The van der Waals surface area contributed by atoms with E-state index < -0.39 is 20.5 Å². The molecule has 1 aliphatic rings. The molecule has 0 saturated carbocycles. The number of amides is 1. The second-order valence-corrected chi connectivity index (χ2v) is 10.9. The molecule has 37 heavy (non-hydrogen) atoms. The maximum Gasteiger partial charge on any atom is 0.254 e. The number of sulfone groups is 1. The fourth-order valence-electron chi connectivity index (χ4n) is 4.33. The molecule has 196 valence electrons. The lowest BCUT2D eigenvalue weighted by Crippen LogP contribution is -2.33. The third-order valence-corrected chi connectivity index (χ3v) is 7.41. The fourth-order valence-corrected chi connectivity index (χ4v) is 5.10. The van der Waals surface area contributed by atoms with Crippen LogP contribution in [-0.2, 0) is 22.8 Å². The summed E-state index contributed by atoms with van der Waals surface area (Å²) in [4.78, 5) is 19.2. The topological polar surface area (TPSA) is 101 Å². The zero-order valence-corrected chi connectivity index (χ0v) is 22.0. The van der Waals surface area contributed by atoms with Gasteiger partial charge in [-0.2, -0.15) is 0 Å². The van der Waals surface area contributed by atoms with Crippen LogP contribution < -0.4 is 15.4 Å². The van der Waals surface area contributed by atoms with E-state index in [1.165, 1.54) is 12.1 Å². The van der Waals surface area contributed by atoms with Crippen molar-refractivity contribution in [2.45, 2.75) is 24.8 Å². The molecule has 3 aromatic rings. The monoisotopic (exact) mass is 526 g/mol. The van der Waals surface area contributed by atoms with Gasteiger partial charge in [-0.15, -0.1) is 0 Å². The number of halogens is 1. The minimum absolute atomic E-state index is 0.0987. The van der Waals surface area contributed by atoms with Gasteiger partial charge in [0.2, 0.25) is 0 Å². The van der Waals surface area contributed by atoms with Crippen molar-refractivity contribution in [1.82, 2.24) is 15.2 Å². The normalized spacial score (nSPS) is 13.5. The molecule has 4 rings (SSSR count). The number of fused-ring (bicyclic) bond motifs is 1. The van der Waals surface area contributed by atoms with E-state index in [1.807, 2.05) is 37.4 Å². The number of pyridine rings is 1. The Morgan fingerprint density at radius 3 is 2.59 bits per heavy atom. The van der Waals surface area contributed by atoms with Gasteiger partial charge in [-0.3, -0.25) is 4.79 Å². The number of hydrogen-bond donors (Lipinski definition) is 2. The molecule has 0 saturated heterocycles. The number of carbonyl (C=O) groups is 1. The van der Waals surface area contributed by atoms with Crippen molar-refractivity contribution in [2.24, 2.45) is 0 Å². The van der Waals surface area contributed by atoms with E-state index in [0.717, 1.165) is 41.9 Å². The van der Waals surface area contributed by atoms with Gasteiger partial charge >= 0.3 is 0 Å². The van der Waals surface area contributed by atoms with E-state index in [9.17, 15) is 13.2 Å². The molecule has 0 unspecified atom stereocenters. The van der Waals surface area contributed by atoms with E-state index in [1.54, 1.807) is 18.0 Å². The van der Waals surface area contributed by atoms with Crippen molar-refractivity contribution in [2.75, 3.05) is 44.9 Å². The number of carbonyl (C=O) groups excluding carboxylic acids is 1. The molecule has 1 amide bonds. The summed E-state index contributed by atoms with van der Waals surface area (Å²) < 4.78 is 44.8. The molecule has 2 aromatic carbocycles. The van der Waals surface area contributed by atoms with Gasteiger partial charge in [0.1, 0.15) is 28.9 Å². The maximum absolute atomic E-state index is 15.0. The second kappa shape index (κ2) is 11.3. The summed E-state index contributed by atoms with van der Waals surface area (Å²) in [6.07, 6.45) is 2.94. The smallest absolute Gasteiger partial charge is 0.254 e. The quantitative estimate of drug-likeness (QED) is 0.433. The Hall–Kier alpha value is -3.50. The molecule has 0 fully saturated rings. The molecule has 0 atom stereocenters. The first-order valence-electron chi connectivity index (χ1n) is 12.1. The molecule has 0 bridgehead atoms. The van der Waals surface area contributed by atoms with Crippen LogP contribution in [0.3, 0.4) is 0 Å². The van der Waals surface area contributed by atoms with Gasteiger partial charge in [-0.05, 0) is 55.4 Å². The number of aromatic nitrogens is 1. The molecule has 1 aliphatic heterocycles. The summed E-state index contributed by atoms with van der Waals surface area (Å²) in [5.74, 6) is 0.249. The van der Waals surface area contributed by atoms with E-state index in [2.05, 4.69) is 15.6 Å². The van der Waals surface area contributed by atoms with Gasteiger partial charge in [0.15, 0.2) is 9.84 Å². The summed E-state index contributed by atoms with van der Waals surface area (Å²) in [7, 11) is -1.86. The van der Waals surface area contributed by atoms with Crippen LogP contribution in [0.25, 0.3) is 11.1 Å². The number of anilines is 1. The first kappa shape index (κ1) is 26.6. The molecule has 0 spiro atoms. The molecule has 0 aliphatic carbocycles. The van der Waals surface area contributed by atoms with Crippen LogP contribution in [0.15, 0.2) is 53.6 Å². The van der Waals surface area contributed by atoms with Crippen molar-refractivity contribution in [3.63, 3.8) is 0 Å². The van der Waals surface area contributed by atoms with Crippen LogP contribution in [-0.4, -0.2) is 63.8 Å². The van der Waals surface area contributed by atoms with E-state index in [0.29, 0.717) is 12.3 Å². The van der Waals surface area contributed by atoms with E-state index >= 15 is 4.39 Å². The predicted molar refractivity (Wildman–Crippen MR) is 141 cm³/mol. The molecule has 10 heteroatoms. The van der Waals surface area contributed by atoms with Crippen molar-refractivity contribution in [3.05, 3.63) is 71.2 Å². The first-order valence-corrected chi connectivity index (χ1v) is 14.0. The molecular weight excluding hydrogens is 495 g/mol. The van der Waals surface area contributed by atoms with Crippen LogP contribution in [0.2, 0.25) is 0 Å². The van der Waals surface area contributed by atoms with Gasteiger partial charge < -0.3 is 20.3 Å². The number of nitrogens with zero attached hydrogens (tertiary/aromatic N) is 2. The third-order valence-electron chi connectivity index (χ3n) is 6.30. The second-order valence-electron chi connectivity index (χ2n) is 8.89. The molecule has 2 N–H and O–H groups in total. The Kier molecular flexibility index (Phi) is 8.09. The Morgan fingerprint density at radius 2 is 1.92 bits per heavy atom. The highest BCUT2D eigenvalue weighted by Crippen LogP contribution is 2.31. The van der Waals surface area contributed by atoms with Gasteiger partial charge in [-0.25, -0.2) is 17.8 Å². The van der Waals surface area contributed by atoms with Gasteiger partial charge in [-0.1, -0.05) is 13.0 Å². The lowest BCUT2D eigenvalue weighted by molar-refractivity contribution is 0.0731. The van der Waals surface area contributed by atoms with Crippen LogP contribution in [0.1, 0.15) is 28.4 Å². The van der Waals surface area contributed by atoms with Gasteiger partial charge in [0.25, 0.3) is 5.91 Å². The zero-order valence-electron chi connectivity index (χ0n) is 21.2. The van der Waals surface area contributed by atoms with Crippen LogP contribution in [0.4, 0.5) is 10.2 Å². The zero-order chi connectivity index (χ0) is 26.6.